The van der Waals surface area contributed by atoms with Crippen LogP contribution in [0.1, 0.15) is 27.7 Å². The highest BCUT2D eigenvalue weighted by Crippen LogP contribution is 2.42. The Morgan fingerprint density at radius 1 is 0.811 bits per heavy atom. The van der Waals surface area contributed by atoms with Crippen LogP contribution in [0.15, 0.2) is 28.9 Å². The zero-order chi connectivity index (χ0) is 26.9. The molecule has 1 aliphatic heterocycles. The van der Waals surface area contributed by atoms with Gasteiger partial charge in [-0.2, -0.15) is 0 Å². The van der Waals surface area contributed by atoms with Gasteiger partial charge in [-0.3, -0.25) is 14.4 Å². The first-order valence-corrected chi connectivity index (χ1v) is 11.4. The molecule has 12 nitrogen and oxygen atoms in total. The Bertz CT molecular complexity index is 1330. The van der Waals surface area contributed by atoms with Crippen LogP contribution in [0.4, 0.5) is 0 Å². The van der Waals surface area contributed by atoms with Crippen molar-refractivity contribution in [2.24, 2.45) is 0 Å². The minimum Gasteiger partial charge on any atom is -0.495 e. The first kappa shape index (κ1) is 26.0. The average Bonchev–Trinajstić information content (AvgIpc) is 3.29. The molecule has 0 unspecified atom stereocenters. The van der Waals surface area contributed by atoms with Crippen LogP contribution in [-0.2, 0) is 33.3 Å². The van der Waals surface area contributed by atoms with Crippen molar-refractivity contribution in [2.45, 2.75) is 58.4 Å². The van der Waals surface area contributed by atoms with Gasteiger partial charge in [0.15, 0.2) is 23.7 Å². The molecule has 4 rings (SSSR count). The standard InChI is InChI=1S/C25H27NO11/c1-11-19(34-12(2)27)22(35-13(3)28)23(36-14(4)29)25(33-11)37-17-8-7-15-18(21(17)31-6)26-24-16(9-10-32-24)20(15)30-5/h7-11,19,22-23,25H,1-6H3/t11-,19-,22+,23+,25+/m1/s1. The topological polar surface area (TPSA) is 142 Å². The molecule has 37 heavy (non-hydrogen) atoms. The molecule has 0 saturated carbocycles. The van der Waals surface area contributed by atoms with E-state index in [0.717, 1.165) is 0 Å². The number of carbonyl (C=O) groups excluding carboxylic acids is 3. The van der Waals surface area contributed by atoms with Crippen LogP contribution < -0.4 is 14.2 Å². The van der Waals surface area contributed by atoms with Crippen molar-refractivity contribution in [3.05, 3.63) is 24.5 Å². The molecule has 0 N–H and O–H groups in total. The molecule has 12 heteroatoms. The van der Waals surface area contributed by atoms with Gasteiger partial charge in [-0.15, -0.1) is 0 Å². The zero-order valence-corrected chi connectivity index (χ0v) is 21.1. The first-order valence-electron chi connectivity index (χ1n) is 11.4. The van der Waals surface area contributed by atoms with Gasteiger partial charge in [0.05, 0.1) is 32.0 Å². The fourth-order valence-electron chi connectivity index (χ4n) is 4.35. The highest BCUT2D eigenvalue weighted by molar-refractivity contribution is 6.02. The number of pyridine rings is 1. The summed E-state index contributed by atoms with van der Waals surface area (Å²) in [5.41, 5.74) is 0.723. The predicted molar refractivity (Wildman–Crippen MR) is 126 cm³/mol. The number of esters is 3. The lowest BCUT2D eigenvalue weighted by Gasteiger charge is -2.43. The third-order valence-electron chi connectivity index (χ3n) is 5.73. The number of hydrogen-bond acceptors (Lipinski definition) is 12. The number of rotatable bonds is 7. The number of furan rings is 1. The Labute approximate surface area is 211 Å². The van der Waals surface area contributed by atoms with Crippen molar-refractivity contribution in [3.63, 3.8) is 0 Å². The summed E-state index contributed by atoms with van der Waals surface area (Å²) in [5.74, 6) is -1.02. The van der Waals surface area contributed by atoms with Gasteiger partial charge in [0.25, 0.3) is 0 Å². The van der Waals surface area contributed by atoms with Gasteiger partial charge < -0.3 is 37.6 Å². The molecule has 3 aromatic rings. The van der Waals surface area contributed by atoms with E-state index in [1.807, 2.05) is 0 Å². The quantitative estimate of drug-likeness (QED) is 0.336. The summed E-state index contributed by atoms with van der Waals surface area (Å²) in [5, 5.41) is 1.33. The van der Waals surface area contributed by atoms with Crippen LogP contribution in [0, 0.1) is 0 Å². The lowest BCUT2D eigenvalue weighted by Crippen LogP contribution is -2.62. The first-order chi connectivity index (χ1) is 17.6. The molecule has 0 amide bonds. The van der Waals surface area contributed by atoms with Crippen LogP contribution in [0.5, 0.6) is 17.2 Å². The van der Waals surface area contributed by atoms with E-state index in [-0.39, 0.29) is 11.5 Å². The van der Waals surface area contributed by atoms with E-state index >= 15 is 0 Å². The Hall–Kier alpha value is -4.06. The minimum absolute atomic E-state index is 0.192. The molecule has 0 radical (unpaired) electrons. The summed E-state index contributed by atoms with van der Waals surface area (Å²) in [6, 6.07) is 5.09. The largest absolute Gasteiger partial charge is 0.495 e. The van der Waals surface area contributed by atoms with E-state index in [9.17, 15) is 14.4 Å². The van der Waals surface area contributed by atoms with E-state index in [2.05, 4.69) is 4.98 Å². The molecule has 5 atom stereocenters. The summed E-state index contributed by atoms with van der Waals surface area (Å²) >= 11 is 0. The Morgan fingerprint density at radius 2 is 1.43 bits per heavy atom. The Morgan fingerprint density at radius 3 is 2.05 bits per heavy atom. The third-order valence-corrected chi connectivity index (χ3v) is 5.73. The summed E-state index contributed by atoms with van der Waals surface area (Å²) in [7, 11) is 2.97. The van der Waals surface area contributed by atoms with Crippen molar-refractivity contribution < 1.29 is 52.0 Å². The van der Waals surface area contributed by atoms with E-state index in [1.54, 1.807) is 25.1 Å². The monoisotopic (exact) mass is 517 g/mol. The maximum atomic E-state index is 12.0. The SMILES string of the molecule is COc1c2ccoc2nc2c(OC)c(O[C@@H]3O[C@H](C)[C@@H](OC(C)=O)[C@H](OC(C)=O)[C@@H]3OC(C)=O)ccc12. The van der Waals surface area contributed by atoms with Crippen LogP contribution >= 0.6 is 0 Å². The van der Waals surface area contributed by atoms with Crippen molar-refractivity contribution in [1.29, 1.82) is 0 Å². The second kappa shape index (κ2) is 10.5. The molecule has 1 aliphatic rings. The lowest BCUT2D eigenvalue weighted by atomic mass is 9.98. The predicted octanol–water partition coefficient (Wildman–Crippen LogP) is 2.92. The lowest BCUT2D eigenvalue weighted by molar-refractivity contribution is -0.280. The fourth-order valence-corrected chi connectivity index (χ4v) is 4.35. The number of hydrogen-bond donors (Lipinski definition) is 0. The highest BCUT2D eigenvalue weighted by atomic mass is 16.7. The molecule has 198 valence electrons. The van der Waals surface area contributed by atoms with Gasteiger partial charge in [0, 0.05) is 26.2 Å². The van der Waals surface area contributed by atoms with Crippen molar-refractivity contribution in [2.75, 3.05) is 14.2 Å². The van der Waals surface area contributed by atoms with Crippen molar-refractivity contribution in [1.82, 2.24) is 4.98 Å². The van der Waals surface area contributed by atoms with Crippen LogP contribution in [0.3, 0.4) is 0 Å². The Kier molecular flexibility index (Phi) is 7.39. The van der Waals surface area contributed by atoms with E-state index in [0.29, 0.717) is 27.8 Å². The number of aromatic nitrogens is 1. The number of fused-ring (bicyclic) bond motifs is 2. The highest BCUT2D eigenvalue weighted by Gasteiger charge is 2.51. The molecular formula is C25H27NO11. The smallest absolute Gasteiger partial charge is 0.303 e. The van der Waals surface area contributed by atoms with Gasteiger partial charge in [-0.25, -0.2) is 4.98 Å². The normalized spacial score (nSPS) is 23.4. The molecule has 0 aliphatic carbocycles. The van der Waals surface area contributed by atoms with Crippen molar-refractivity contribution in [3.8, 4) is 17.2 Å². The Balaban J connectivity index is 1.78. The van der Waals surface area contributed by atoms with Crippen LogP contribution in [0.2, 0.25) is 0 Å². The number of methoxy groups -OCH3 is 2. The molecule has 2 aromatic heterocycles. The average molecular weight is 517 g/mol. The maximum Gasteiger partial charge on any atom is 0.303 e. The summed E-state index contributed by atoms with van der Waals surface area (Å²) in [4.78, 5) is 40.2. The zero-order valence-electron chi connectivity index (χ0n) is 21.1. The summed E-state index contributed by atoms with van der Waals surface area (Å²) in [6.45, 7) is 5.19. The number of benzene rings is 1. The summed E-state index contributed by atoms with van der Waals surface area (Å²) < 4.78 is 45.0. The molecule has 0 bridgehead atoms. The van der Waals surface area contributed by atoms with E-state index < -0.39 is 48.6 Å². The molecular weight excluding hydrogens is 490 g/mol. The van der Waals surface area contributed by atoms with Crippen LogP contribution in [0.25, 0.3) is 22.0 Å². The van der Waals surface area contributed by atoms with E-state index in [1.165, 1.54) is 41.3 Å². The molecule has 1 aromatic carbocycles. The minimum atomic E-state index is -1.28. The van der Waals surface area contributed by atoms with Crippen LogP contribution in [-0.4, -0.2) is 67.8 Å². The van der Waals surface area contributed by atoms with Gasteiger partial charge in [-0.1, -0.05) is 0 Å². The molecule has 3 heterocycles. The summed E-state index contributed by atoms with van der Waals surface area (Å²) in [6.07, 6.45) is -4.10. The molecule has 1 fully saturated rings. The number of nitrogens with zero attached hydrogens (tertiary/aromatic N) is 1. The fraction of sp³-hybridized carbons (Fsp3) is 0.440. The van der Waals surface area contributed by atoms with Gasteiger partial charge >= 0.3 is 17.9 Å². The number of ether oxygens (including phenoxy) is 7. The van der Waals surface area contributed by atoms with Crippen molar-refractivity contribution >= 4 is 39.9 Å². The molecule has 1 saturated heterocycles. The maximum absolute atomic E-state index is 12.0. The third kappa shape index (κ3) is 5.10. The van der Waals surface area contributed by atoms with Gasteiger partial charge in [-0.05, 0) is 25.1 Å². The molecule has 0 spiro atoms. The van der Waals surface area contributed by atoms with Gasteiger partial charge in [0.2, 0.25) is 18.1 Å². The second-order valence-electron chi connectivity index (χ2n) is 8.33. The van der Waals surface area contributed by atoms with E-state index in [4.69, 9.17) is 37.6 Å². The van der Waals surface area contributed by atoms with Gasteiger partial charge in [0.1, 0.15) is 11.3 Å². The second-order valence-corrected chi connectivity index (χ2v) is 8.33. The number of carbonyl (C=O) groups is 3.